The molecule has 2 aliphatic rings. The van der Waals surface area contributed by atoms with Crippen molar-refractivity contribution >= 4 is 33.2 Å². The number of para-hydroxylation sites is 1. The van der Waals surface area contributed by atoms with Crippen molar-refractivity contribution in [1.82, 2.24) is 9.97 Å². The number of hydrogen-bond donors (Lipinski definition) is 2. The number of thiophene rings is 1. The van der Waals surface area contributed by atoms with Gasteiger partial charge in [0.15, 0.2) is 6.79 Å². The third-order valence-electron chi connectivity index (χ3n) is 6.42. The Bertz CT molecular complexity index is 1380. The second-order valence-corrected chi connectivity index (χ2v) is 11.4. The fraction of sp³-hybridized carbons (Fsp3) is 0.375. The van der Waals surface area contributed by atoms with E-state index in [-0.39, 0.29) is 37.2 Å². The van der Waals surface area contributed by atoms with Crippen molar-refractivity contribution in [2.24, 2.45) is 11.1 Å². The van der Waals surface area contributed by atoms with Gasteiger partial charge in [-0.25, -0.2) is 15.1 Å². The van der Waals surface area contributed by atoms with Gasteiger partial charge in [-0.3, -0.25) is 8.98 Å². The Morgan fingerprint density at radius 3 is 2.94 bits per heavy atom. The van der Waals surface area contributed by atoms with Gasteiger partial charge in [0, 0.05) is 22.7 Å². The maximum Gasteiger partial charge on any atom is 0.333 e. The monoisotopic (exact) mass is 530 g/mol. The molecule has 1 aromatic carbocycles. The molecule has 0 radical (unpaired) electrons. The summed E-state index contributed by atoms with van der Waals surface area (Å²) in [6, 6.07) is 9.63. The molecule has 5 rings (SSSR count). The molecule has 3 N–H and O–H groups in total. The van der Waals surface area contributed by atoms with Crippen LogP contribution in [-0.2, 0) is 19.2 Å². The predicted octanol–water partition coefficient (Wildman–Crippen LogP) is 3.33. The molecule has 12 heteroatoms. The standard InChI is InChI=1S/C24H26N4O6S2/c1-14-18(23-17-4-2-3-5-20(17)32-13-33-23)9-21(35-14)22(29)19-10-26-12-27-24(19)28-16-7-6-15(8-16)11-34-36(25,30)31/h2-5,9-10,12,15-16,23H,6-8,11,13H2,1H3,(H2,25,30,31)(H,26,27,28)/t15-,16+,23?/m1/s1. The van der Waals surface area contributed by atoms with E-state index in [1.165, 1.54) is 23.9 Å². The number of fused-ring (bicyclic) bond motifs is 1. The highest BCUT2D eigenvalue weighted by atomic mass is 32.2. The van der Waals surface area contributed by atoms with E-state index >= 15 is 0 Å². The maximum absolute atomic E-state index is 13.5. The Hall–Kier alpha value is -2.90. The van der Waals surface area contributed by atoms with E-state index in [4.69, 9.17) is 18.8 Å². The molecule has 3 atom stereocenters. The topological polar surface area (TPSA) is 143 Å². The minimum Gasteiger partial charge on any atom is -0.467 e. The zero-order valence-electron chi connectivity index (χ0n) is 19.5. The first kappa shape index (κ1) is 24.8. The largest absolute Gasteiger partial charge is 0.467 e. The number of ketones is 1. The summed E-state index contributed by atoms with van der Waals surface area (Å²) in [5.41, 5.74) is 2.23. The second kappa shape index (κ2) is 10.2. The van der Waals surface area contributed by atoms with Gasteiger partial charge in [-0.15, -0.1) is 11.3 Å². The molecule has 0 spiro atoms. The molecular weight excluding hydrogens is 504 g/mol. The molecule has 1 unspecified atom stereocenters. The lowest BCUT2D eigenvalue weighted by atomic mass is 9.99. The van der Waals surface area contributed by atoms with Crippen molar-refractivity contribution in [3.8, 4) is 5.75 Å². The van der Waals surface area contributed by atoms with E-state index in [0.29, 0.717) is 22.7 Å². The number of ether oxygens (including phenoxy) is 2. The fourth-order valence-corrected chi connectivity index (χ4v) is 6.08. The normalized spacial score (nSPS) is 21.6. The number of aromatic nitrogens is 2. The molecule has 36 heavy (non-hydrogen) atoms. The molecule has 2 aromatic heterocycles. The smallest absolute Gasteiger partial charge is 0.333 e. The van der Waals surface area contributed by atoms with Gasteiger partial charge in [0.05, 0.1) is 17.0 Å². The summed E-state index contributed by atoms with van der Waals surface area (Å²) in [6.45, 7) is 2.16. The first-order chi connectivity index (χ1) is 17.3. The lowest BCUT2D eigenvalue weighted by Crippen LogP contribution is -2.22. The minimum absolute atomic E-state index is 0.0216. The Morgan fingerprint density at radius 1 is 1.28 bits per heavy atom. The number of benzene rings is 1. The third kappa shape index (κ3) is 5.42. The highest BCUT2D eigenvalue weighted by Gasteiger charge is 2.30. The van der Waals surface area contributed by atoms with Crippen LogP contribution in [0.3, 0.4) is 0 Å². The number of carbonyl (C=O) groups excluding carboxylic acids is 1. The fourth-order valence-electron chi connectivity index (χ4n) is 4.69. The first-order valence-electron chi connectivity index (χ1n) is 11.5. The SMILES string of the molecule is Cc1sc(C(=O)c2cncnc2N[C@H]2CC[C@@H](COS(N)(=O)=O)C2)cc1C1OCOc2ccccc21. The molecule has 1 aliphatic carbocycles. The third-order valence-corrected chi connectivity index (χ3v) is 7.95. The van der Waals surface area contributed by atoms with Crippen molar-refractivity contribution in [3.05, 3.63) is 69.3 Å². The lowest BCUT2D eigenvalue weighted by molar-refractivity contribution is -0.0419. The Balaban J connectivity index is 1.33. The Labute approximate surface area is 213 Å². The van der Waals surface area contributed by atoms with Crippen LogP contribution in [-0.4, -0.2) is 43.6 Å². The van der Waals surface area contributed by atoms with Gasteiger partial charge in [-0.1, -0.05) is 18.2 Å². The van der Waals surface area contributed by atoms with Gasteiger partial charge in [-0.05, 0) is 49.8 Å². The van der Waals surface area contributed by atoms with E-state index in [1.807, 2.05) is 37.3 Å². The number of nitrogens with zero attached hydrogens (tertiary/aromatic N) is 2. The molecule has 0 saturated heterocycles. The summed E-state index contributed by atoms with van der Waals surface area (Å²) in [4.78, 5) is 23.5. The molecule has 0 bridgehead atoms. The average molecular weight is 531 g/mol. The van der Waals surface area contributed by atoms with Gasteiger partial charge in [0.2, 0.25) is 5.78 Å². The number of hydrogen-bond acceptors (Lipinski definition) is 10. The molecule has 1 saturated carbocycles. The zero-order chi connectivity index (χ0) is 25.3. The average Bonchev–Trinajstić information content (AvgIpc) is 3.48. The lowest BCUT2D eigenvalue weighted by Gasteiger charge is -2.26. The Kier molecular flexibility index (Phi) is 7.04. The van der Waals surface area contributed by atoms with Crippen LogP contribution in [0.25, 0.3) is 0 Å². The molecule has 3 heterocycles. The van der Waals surface area contributed by atoms with Gasteiger partial charge in [0.1, 0.15) is 24.0 Å². The molecule has 10 nitrogen and oxygen atoms in total. The first-order valence-corrected chi connectivity index (χ1v) is 13.8. The molecule has 1 aliphatic heterocycles. The van der Waals surface area contributed by atoms with Crippen LogP contribution in [0.15, 0.2) is 42.9 Å². The van der Waals surface area contributed by atoms with Crippen LogP contribution in [0.4, 0.5) is 5.82 Å². The van der Waals surface area contributed by atoms with E-state index in [2.05, 4.69) is 15.3 Å². The van der Waals surface area contributed by atoms with Crippen molar-refractivity contribution in [3.63, 3.8) is 0 Å². The number of anilines is 1. The van der Waals surface area contributed by atoms with Crippen molar-refractivity contribution < 1.29 is 26.9 Å². The van der Waals surface area contributed by atoms with Crippen LogP contribution in [0.5, 0.6) is 5.75 Å². The summed E-state index contributed by atoms with van der Waals surface area (Å²) >= 11 is 1.41. The van der Waals surface area contributed by atoms with Crippen LogP contribution in [0.1, 0.15) is 56.6 Å². The summed E-state index contributed by atoms with van der Waals surface area (Å²) in [5.74, 6) is 1.10. The summed E-state index contributed by atoms with van der Waals surface area (Å²) in [6.07, 6.45) is 4.85. The number of nitrogens with one attached hydrogen (secondary N) is 1. The summed E-state index contributed by atoms with van der Waals surface area (Å²) < 4.78 is 38.4. The van der Waals surface area contributed by atoms with E-state index < -0.39 is 10.3 Å². The highest BCUT2D eigenvalue weighted by Crippen LogP contribution is 2.40. The van der Waals surface area contributed by atoms with Crippen molar-refractivity contribution in [2.45, 2.75) is 38.3 Å². The predicted molar refractivity (Wildman–Crippen MR) is 133 cm³/mol. The molecule has 190 valence electrons. The van der Waals surface area contributed by atoms with Gasteiger partial charge in [-0.2, -0.15) is 8.42 Å². The number of rotatable bonds is 8. The van der Waals surface area contributed by atoms with Crippen molar-refractivity contribution in [2.75, 3.05) is 18.7 Å². The van der Waals surface area contributed by atoms with Crippen molar-refractivity contribution in [1.29, 1.82) is 0 Å². The number of nitrogens with two attached hydrogens (primary N) is 1. The van der Waals surface area contributed by atoms with Crippen LogP contribution < -0.4 is 15.2 Å². The van der Waals surface area contributed by atoms with E-state index in [9.17, 15) is 13.2 Å². The van der Waals surface area contributed by atoms with Crippen LogP contribution in [0, 0.1) is 12.8 Å². The second-order valence-electron chi connectivity index (χ2n) is 8.88. The number of carbonyl (C=O) groups is 1. The van der Waals surface area contributed by atoms with E-state index in [0.717, 1.165) is 34.6 Å². The van der Waals surface area contributed by atoms with Gasteiger partial charge < -0.3 is 14.8 Å². The minimum atomic E-state index is -3.96. The molecule has 3 aromatic rings. The molecule has 0 amide bonds. The number of aryl methyl sites for hydroxylation is 1. The maximum atomic E-state index is 13.5. The zero-order valence-corrected chi connectivity index (χ0v) is 21.2. The molecule has 1 fully saturated rings. The van der Waals surface area contributed by atoms with Crippen LogP contribution in [0.2, 0.25) is 0 Å². The van der Waals surface area contributed by atoms with Crippen LogP contribution >= 0.6 is 11.3 Å². The Morgan fingerprint density at radius 2 is 2.11 bits per heavy atom. The molecular formula is C24H26N4O6S2. The highest BCUT2D eigenvalue weighted by molar-refractivity contribution is 7.84. The van der Waals surface area contributed by atoms with Gasteiger partial charge in [0.25, 0.3) is 0 Å². The van der Waals surface area contributed by atoms with E-state index in [1.54, 1.807) is 0 Å². The van der Waals surface area contributed by atoms with Gasteiger partial charge >= 0.3 is 10.3 Å². The quantitative estimate of drug-likeness (QED) is 0.419. The summed E-state index contributed by atoms with van der Waals surface area (Å²) in [5, 5.41) is 8.27. The summed E-state index contributed by atoms with van der Waals surface area (Å²) in [7, 11) is -3.96.